The highest BCUT2D eigenvalue weighted by Gasteiger charge is 2.77. The summed E-state index contributed by atoms with van der Waals surface area (Å²) in [4.78, 5) is 45.1. The van der Waals surface area contributed by atoms with Crippen molar-refractivity contribution in [1.82, 2.24) is 4.90 Å². The van der Waals surface area contributed by atoms with Crippen LogP contribution in [0.5, 0.6) is 0 Å². The van der Waals surface area contributed by atoms with Crippen LogP contribution in [0.4, 0.5) is 5.69 Å². The summed E-state index contributed by atoms with van der Waals surface area (Å²) in [5.74, 6) is -2.57. The minimum atomic E-state index is -1.15. The molecular weight excluding hydrogens is 564 g/mol. The number of carbonyl (C=O) groups excluding carboxylic acids is 3. The molecule has 3 heterocycles. The van der Waals surface area contributed by atoms with Gasteiger partial charge in [-0.3, -0.25) is 14.4 Å². The van der Waals surface area contributed by atoms with Crippen molar-refractivity contribution in [1.29, 1.82) is 0 Å². The second kappa shape index (κ2) is 12.4. The van der Waals surface area contributed by atoms with Crippen LogP contribution in [-0.2, 0) is 23.9 Å². The zero-order chi connectivity index (χ0) is 28.3. The summed E-state index contributed by atoms with van der Waals surface area (Å²) < 4.78 is 12.1. The summed E-state index contributed by atoms with van der Waals surface area (Å²) >= 11 is 3.69. The number of aliphatic hydroxyl groups excluding tert-OH is 1. The van der Waals surface area contributed by atoms with Gasteiger partial charge in [-0.2, -0.15) is 0 Å². The van der Waals surface area contributed by atoms with Crippen molar-refractivity contribution in [3.8, 4) is 0 Å². The zero-order valence-corrected chi connectivity index (χ0v) is 24.4. The van der Waals surface area contributed by atoms with Crippen molar-refractivity contribution in [2.45, 2.75) is 68.5 Å². The second-order valence-electron chi connectivity index (χ2n) is 10.8. The fraction of sp³-hybridized carbons (Fsp3) is 0.567. The Kier molecular flexibility index (Phi) is 9.34. The smallest absolute Gasteiger partial charge is 0.312 e. The van der Waals surface area contributed by atoms with Gasteiger partial charge in [0.25, 0.3) is 5.91 Å². The molecule has 39 heavy (non-hydrogen) atoms. The molecule has 3 aliphatic rings. The number of aliphatic hydroxyl groups is 1. The highest BCUT2D eigenvalue weighted by molar-refractivity contribution is 9.09. The van der Waals surface area contributed by atoms with Crippen molar-refractivity contribution in [3.05, 3.63) is 54.6 Å². The van der Waals surface area contributed by atoms with Crippen LogP contribution in [0.15, 0.2) is 43.5 Å². The minimum Gasteiger partial charge on any atom is -0.465 e. The Balaban J connectivity index is 1.75. The second-order valence-corrected chi connectivity index (χ2v) is 11.9. The molecule has 1 aromatic rings. The van der Waals surface area contributed by atoms with Gasteiger partial charge in [0.15, 0.2) is 0 Å². The number of alkyl halides is 1. The van der Waals surface area contributed by atoms with E-state index in [1.807, 2.05) is 32.0 Å². The number of benzene rings is 1. The maximum Gasteiger partial charge on any atom is 0.312 e. The van der Waals surface area contributed by atoms with E-state index in [-0.39, 0.29) is 36.4 Å². The molecule has 1 N–H and O–H groups in total. The predicted molar refractivity (Wildman–Crippen MR) is 153 cm³/mol. The average molecular weight is 604 g/mol. The van der Waals surface area contributed by atoms with Crippen LogP contribution in [0.2, 0.25) is 0 Å². The number of likely N-dealkylation sites (tertiary alicyclic amines) is 1. The Morgan fingerprint density at radius 3 is 2.72 bits per heavy atom. The van der Waals surface area contributed by atoms with Crippen LogP contribution in [0, 0.1) is 25.7 Å². The number of fused-ring (bicyclic) bond motifs is 1. The summed E-state index contributed by atoms with van der Waals surface area (Å²) in [7, 11) is 0. The van der Waals surface area contributed by atoms with Gasteiger partial charge in [-0.05, 0) is 63.1 Å². The zero-order valence-electron chi connectivity index (χ0n) is 22.8. The van der Waals surface area contributed by atoms with Gasteiger partial charge in [-0.1, -0.05) is 40.2 Å². The first-order chi connectivity index (χ1) is 18.7. The lowest BCUT2D eigenvalue weighted by atomic mass is 9.70. The largest absolute Gasteiger partial charge is 0.465 e. The molecule has 1 spiro atoms. The molecular formula is C30H39BrN2O6. The van der Waals surface area contributed by atoms with Crippen molar-refractivity contribution >= 4 is 39.4 Å². The first-order valence-corrected chi connectivity index (χ1v) is 14.6. The number of rotatable bonds is 13. The molecule has 8 nitrogen and oxygen atoms in total. The number of esters is 1. The first kappa shape index (κ1) is 29.5. The standard InChI is InChI=1S/C30H39BrN2O6/c1-5-7-16-38-29(37)23-24-27(35)33(14-9-8-10-15-34)26(30(24)18-21(31)25(23)39-30)28(36)32(13-6-2)22-17-19(3)11-12-20(22)4/h5-6,11-12,17,21,23-26,34H,1-2,7-10,13-16,18H2,3-4H3/t21?,23-,24-,25-,26?,30?/m0/s1. The van der Waals surface area contributed by atoms with Gasteiger partial charge in [0, 0.05) is 30.2 Å². The lowest BCUT2D eigenvalue weighted by molar-refractivity contribution is -0.154. The Hall–Kier alpha value is -2.49. The predicted octanol–water partition coefficient (Wildman–Crippen LogP) is 3.85. The van der Waals surface area contributed by atoms with E-state index < -0.39 is 35.6 Å². The number of nitrogens with zero attached hydrogens (tertiary/aromatic N) is 2. The van der Waals surface area contributed by atoms with E-state index in [4.69, 9.17) is 9.47 Å². The van der Waals surface area contributed by atoms with Gasteiger partial charge in [-0.25, -0.2) is 0 Å². The number of hydrogen-bond donors (Lipinski definition) is 1. The molecule has 6 atom stereocenters. The summed E-state index contributed by atoms with van der Waals surface area (Å²) in [6.45, 7) is 12.3. The van der Waals surface area contributed by atoms with E-state index in [2.05, 4.69) is 29.1 Å². The molecule has 3 fully saturated rings. The van der Waals surface area contributed by atoms with E-state index >= 15 is 0 Å². The summed E-state index contributed by atoms with van der Waals surface area (Å²) in [6.07, 6.45) is 5.68. The quantitative estimate of drug-likeness (QED) is 0.159. The van der Waals surface area contributed by atoms with E-state index in [0.717, 1.165) is 16.8 Å². The number of anilines is 1. The highest BCUT2D eigenvalue weighted by atomic mass is 79.9. The third-order valence-corrected chi connectivity index (χ3v) is 9.00. The third-order valence-electron chi connectivity index (χ3n) is 8.15. The van der Waals surface area contributed by atoms with Gasteiger partial charge in [0.2, 0.25) is 5.91 Å². The van der Waals surface area contributed by atoms with Crippen molar-refractivity contribution < 1.29 is 29.0 Å². The molecule has 2 amide bonds. The van der Waals surface area contributed by atoms with Gasteiger partial charge in [-0.15, -0.1) is 13.2 Å². The fourth-order valence-corrected chi connectivity index (χ4v) is 7.37. The molecule has 0 aliphatic carbocycles. The van der Waals surface area contributed by atoms with Crippen LogP contribution >= 0.6 is 15.9 Å². The van der Waals surface area contributed by atoms with Gasteiger partial charge in [0.1, 0.15) is 11.6 Å². The molecule has 212 valence electrons. The summed E-state index contributed by atoms with van der Waals surface area (Å²) in [5, 5.41) is 9.25. The van der Waals surface area contributed by atoms with Crippen LogP contribution in [0.1, 0.15) is 43.2 Å². The molecule has 0 radical (unpaired) electrons. The van der Waals surface area contributed by atoms with E-state index in [9.17, 15) is 19.5 Å². The fourth-order valence-electron chi connectivity index (χ4n) is 6.42. The molecule has 3 saturated heterocycles. The van der Waals surface area contributed by atoms with E-state index in [0.29, 0.717) is 38.6 Å². The third kappa shape index (κ3) is 5.33. The molecule has 4 rings (SSSR count). The van der Waals surface area contributed by atoms with Gasteiger partial charge >= 0.3 is 5.97 Å². The lowest BCUT2D eigenvalue weighted by Gasteiger charge is -2.37. The number of amides is 2. The Labute approximate surface area is 239 Å². The SMILES string of the molecule is C=CCCOC(=O)[C@H]1[C@H]2C(=O)N(CCCCCO)C(C(=O)N(CC=C)c3cc(C)ccc3C)C23CC(Br)[C@@H]1O3. The first-order valence-electron chi connectivity index (χ1n) is 13.7. The average Bonchev–Trinajstić information content (AvgIpc) is 3.50. The Morgan fingerprint density at radius 2 is 2.03 bits per heavy atom. The van der Waals surface area contributed by atoms with Crippen LogP contribution in [-0.4, -0.2) is 76.7 Å². The lowest BCUT2D eigenvalue weighted by Crippen LogP contribution is -2.57. The molecule has 1 aromatic carbocycles. The number of ether oxygens (including phenoxy) is 2. The van der Waals surface area contributed by atoms with Crippen LogP contribution in [0.3, 0.4) is 0 Å². The van der Waals surface area contributed by atoms with Crippen molar-refractivity contribution in [3.63, 3.8) is 0 Å². The summed E-state index contributed by atoms with van der Waals surface area (Å²) in [6, 6.07) is 5.04. The molecule has 9 heteroatoms. The van der Waals surface area contributed by atoms with Gasteiger partial charge < -0.3 is 24.4 Å². The number of hydrogen-bond acceptors (Lipinski definition) is 6. The van der Waals surface area contributed by atoms with Gasteiger partial charge in [0.05, 0.1) is 24.5 Å². The van der Waals surface area contributed by atoms with Crippen LogP contribution in [0.25, 0.3) is 0 Å². The molecule has 0 aromatic heterocycles. The Morgan fingerprint density at radius 1 is 1.26 bits per heavy atom. The van der Waals surface area contributed by atoms with Crippen LogP contribution < -0.4 is 4.90 Å². The van der Waals surface area contributed by atoms with Crippen molar-refractivity contribution in [2.75, 3.05) is 31.2 Å². The number of halogens is 1. The van der Waals surface area contributed by atoms with E-state index in [1.54, 1.807) is 22.0 Å². The molecule has 2 bridgehead atoms. The monoisotopic (exact) mass is 602 g/mol. The maximum atomic E-state index is 14.6. The van der Waals surface area contributed by atoms with E-state index in [1.165, 1.54) is 0 Å². The molecule has 3 unspecified atom stereocenters. The Bertz CT molecular complexity index is 1120. The molecule has 3 aliphatic heterocycles. The molecule has 0 saturated carbocycles. The van der Waals surface area contributed by atoms with Crippen molar-refractivity contribution in [2.24, 2.45) is 11.8 Å². The number of unbranched alkanes of at least 4 members (excludes halogenated alkanes) is 2. The topological polar surface area (TPSA) is 96.4 Å². The highest BCUT2D eigenvalue weighted by Crippen LogP contribution is 2.60. The number of carbonyl (C=O) groups is 3. The minimum absolute atomic E-state index is 0.0668. The summed E-state index contributed by atoms with van der Waals surface area (Å²) in [5.41, 5.74) is 1.55. The maximum absolute atomic E-state index is 14.6. The number of aryl methyl sites for hydroxylation is 2. The normalized spacial score (nSPS) is 28.9.